The maximum absolute atomic E-state index is 12.2. The Bertz CT molecular complexity index is 761. The summed E-state index contributed by atoms with van der Waals surface area (Å²) in [4.78, 5) is 25.1. The number of nitrogens with zero attached hydrogens (tertiary/aromatic N) is 4. The van der Waals surface area contributed by atoms with Gasteiger partial charge >= 0.3 is 6.03 Å². The van der Waals surface area contributed by atoms with E-state index < -0.39 is 0 Å². The molecule has 132 valence electrons. The van der Waals surface area contributed by atoms with Crippen molar-refractivity contribution in [2.75, 3.05) is 48.8 Å². The number of carbonyl (C=O) groups is 1. The number of aromatic nitrogens is 2. The molecule has 7 nitrogen and oxygen atoms in total. The lowest BCUT2D eigenvalue weighted by Crippen LogP contribution is -2.44. The SMILES string of the molecule is Cc1c(Cl)cccc1NC(=O)Nc1cc(N2CCN(C)CC2)ncn1. The number of anilines is 3. The number of amides is 2. The highest BCUT2D eigenvalue weighted by molar-refractivity contribution is 6.31. The molecule has 0 bridgehead atoms. The van der Waals surface area contributed by atoms with Crippen LogP contribution in [0.5, 0.6) is 0 Å². The molecule has 1 saturated heterocycles. The number of benzene rings is 1. The van der Waals surface area contributed by atoms with Crippen molar-refractivity contribution in [2.24, 2.45) is 0 Å². The van der Waals surface area contributed by atoms with Crippen molar-refractivity contribution in [3.05, 3.63) is 41.2 Å². The lowest BCUT2D eigenvalue weighted by molar-refractivity contribution is 0.262. The number of nitrogens with one attached hydrogen (secondary N) is 2. The summed E-state index contributed by atoms with van der Waals surface area (Å²) >= 11 is 6.07. The van der Waals surface area contributed by atoms with Gasteiger partial charge in [-0.1, -0.05) is 17.7 Å². The van der Waals surface area contributed by atoms with E-state index in [4.69, 9.17) is 11.6 Å². The number of rotatable bonds is 3. The molecular formula is C17H21ClN6O. The summed E-state index contributed by atoms with van der Waals surface area (Å²) in [7, 11) is 2.10. The smallest absolute Gasteiger partial charge is 0.324 e. The zero-order chi connectivity index (χ0) is 17.8. The highest BCUT2D eigenvalue weighted by atomic mass is 35.5. The van der Waals surface area contributed by atoms with Gasteiger partial charge in [-0.05, 0) is 31.7 Å². The van der Waals surface area contributed by atoms with Gasteiger partial charge < -0.3 is 15.1 Å². The first-order valence-corrected chi connectivity index (χ1v) is 8.49. The van der Waals surface area contributed by atoms with Crippen LogP contribution in [-0.4, -0.2) is 54.1 Å². The topological polar surface area (TPSA) is 73.4 Å². The number of likely N-dealkylation sites (N-methyl/N-ethyl adjacent to an activating group) is 1. The molecule has 1 aromatic carbocycles. The van der Waals surface area contributed by atoms with Crippen LogP contribution < -0.4 is 15.5 Å². The molecule has 8 heteroatoms. The third-order valence-electron chi connectivity index (χ3n) is 4.24. The highest BCUT2D eigenvalue weighted by Crippen LogP contribution is 2.23. The predicted molar refractivity (Wildman–Crippen MR) is 101 cm³/mol. The Hall–Kier alpha value is -2.38. The Kier molecular flexibility index (Phi) is 5.35. The third kappa shape index (κ3) is 4.37. The van der Waals surface area contributed by atoms with E-state index in [9.17, 15) is 4.79 Å². The largest absolute Gasteiger partial charge is 0.354 e. The van der Waals surface area contributed by atoms with Crippen LogP contribution in [0.15, 0.2) is 30.6 Å². The molecule has 0 atom stereocenters. The molecule has 1 aliphatic heterocycles. The van der Waals surface area contributed by atoms with Gasteiger partial charge in [0.05, 0.1) is 0 Å². The molecule has 1 aromatic heterocycles. The van der Waals surface area contributed by atoms with Crippen molar-refractivity contribution < 1.29 is 4.79 Å². The summed E-state index contributed by atoms with van der Waals surface area (Å²) in [6.07, 6.45) is 1.47. The van der Waals surface area contributed by atoms with Gasteiger partial charge in [-0.25, -0.2) is 14.8 Å². The lowest BCUT2D eigenvalue weighted by Gasteiger charge is -2.33. The summed E-state index contributed by atoms with van der Waals surface area (Å²) < 4.78 is 0. The molecule has 3 rings (SSSR count). The van der Waals surface area contributed by atoms with Gasteiger partial charge in [0.15, 0.2) is 0 Å². The molecule has 0 aliphatic carbocycles. The summed E-state index contributed by atoms with van der Waals surface area (Å²) in [6, 6.07) is 6.80. The van der Waals surface area contributed by atoms with Gasteiger partial charge in [-0.3, -0.25) is 5.32 Å². The van der Waals surface area contributed by atoms with Crippen LogP contribution in [0.25, 0.3) is 0 Å². The van der Waals surface area contributed by atoms with Crippen LogP contribution in [-0.2, 0) is 0 Å². The maximum atomic E-state index is 12.2. The van der Waals surface area contributed by atoms with Gasteiger partial charge in [-0.15, -0.1) is 0 Å². The minimum Gasteiger partial charge on any atom is -0.354 e. The van der Waals surface area contributed by atoms with Crippen LogP contribution in [0, 0.1) is 6.92 Å². The molecule has 0 spiro atoms. The number of hydrogen-bond acceptors (Lipinski definition) is 5. The normalized spacial score (nSPS) is 15.1. The fourth-order valence-electron chi connectivity index (χ4n) is 2.64. The quantitative estimate of drug-likeness (QED) is 0.880. The minimum atomic E-state index is -0.367. The summed E-state index contributed by atoms with van der Waals surface area (Å²) in [5.74, 6) is 1.28. The van der Waals surface area contributed by atoms with Crippen LogP contribution in [0.3, 0.4) is 0 Å². The molecule has 2 aromatic rings. The first-order valence-electron chi connectivity index (χ1n) is 8.11. The number of piperazine rings is 1. The van der Waals surface area contributed by atoms with Crippen molar-refractivity contribution in [2.45, 2.75) is 6.92 Å². The number of hydrogen-bond donors (Lipinski definition) is 2. The van der Waals surface area contributed by atoms with E-state index in [0.29, 0.717) is 16.5 Å². The Labute approximate surface area is 152 Å². The maximum Gasteiger partial charge on any atom is 0.324 e. The van der Waals surface area contributed by atoms with Crippen LogP contribution in [0.4, 0.5) is 22.1 Å². The standard InChI is InChI=1S/C17H21ClN6O/c1-12-13(18)4-3-5-14(12)21-17(25)22-15-10-16(20-11-19-15)24-8-6-23(2)7-9-24/h3-5,10-11H,6-9H2,1-2H3,(H2,19,20,21,22,25). The molecule has 2 amide bonds. The second-order valence-electron chi connectivity index (χ2n) is 6.04. The molecular weight excluding hydrogens is 340 g/mol. The molecule has 2 N–H and O–H groups in total. The Morgan fingerprint density at radius 3 is 2.68 bits per heavy atom. The van der Waals surface area contributed by atoms with Crippen molar-refractivity contribution in [3.8, 4) is 0 Å². The molecule has 0 unspecified atom stereocenters. The Morgan fingerprint density at radius 1 is 1.16 bits per heavy atom. The van der Waals surface area contributed by atoms with Gasteiger partial charge in [0.2, 0.25) is 0 Å². The molecule has 0 radical (unpaired) electrons. The van der Waals surface area contributed by atoms with Crippen molar-refractivity contribution in [1.29, 1.82) is 0 Å². The molecule has 25 heavy (non-hydrogen) atoms. The van der Waals surface area contributed by atoms with Gasteiger partial charge in [0, 0.05) is 43.0 Å². The molecule has 0 saturated carbocycles. The van der Waals surface area contributed by atoms with Crippen molar-refractivity contribution in [3.63, 3.8) is 0 Å². The zero-order valence-electron chi connectivity index (χ0n) is 14.3. The van der Waals surface area contributed by atoms with E-state index in [1.54, 1.807) is 24.3 Å². The van der Waals surface area contributed by atoms with E-state index >= 15 is 0 Å². The van der Waals surface area contributed by atoms with E-state index in [1.165, 1.54) is 6.33 Å². The average Bonchev–Trinajstić information content (AvgIpc) is 2.60. The second kappa shape index (κ2) is 7.67. The molecule has 1 aliphatic rings. The Morgan fingerprint density at radius 2 is 1.92 bits per heavy atom. The van der Waals surface area contributed by atoms with Crippen LogP contribution >= 0.6 is 11.6 Å². The fraction of sp³-hybridized carbons (Fsp3) is 0.353. The highest BCUT2D eigenvalue weighted by Gasteiger charge is 2.16. The Balaban J connectivity index is 1.65. The summed E-state index contributed by atoms with van der Waals surface area (Å²) in [6.45, 7) is 5.64. The summed E-state index contributed by atoms with van der Waals surface area (Å²) in [5.41, 5.74) is 1.48. The van der Waals surface area contributed by atoms with Crippen molar-refractivity contribution in [1.82, 2.24) is 14.9 Å². The number of halogens is 1. The van der Waals surface area contributed by atoms with Gasteiger partial charge in [0.25, 0.3) is 0 Å². The van der Waals surface area contributed by atoms with Gasteiger partial charge in [-0.2, -0.15) is 0 Å². The summed E-state index contributed by atoms with van der Waals surface area (Å²) in [5, 5.41) is 6.14. The van der Waals surface area contributed by atoms with Gasteiger partial charge in [0.1, 0.15) is 18.0 Å². The van der Waals surface area contributed by atoms with E-state index in [-0.39, 0.29) is 6.03 Å². The van der Waals surface area contributed by atoms with E-state index in [2.05, 4.69) is 37.4 Å². The minimum absolute atomic E-state index is 0.367. The van der Waals surface area contributed by atoms with Crippen molar-refractivity contribution >= 4 is 35.0 Å². The first kappa shape index (κ1) is 17.4. The molecule has 2 heterocycles. The average molecular weight is 361 g/mol. The third-order valence-corrected chi connectivity index (χ3v) is 4.65. The van der Waals surface area contributed by atoms with E-state index in [0.717, 1.165) is 37.6 Å². The second-order valence-corrected chi connectivity index (χ2v) is 6.45. The zero-order valence-corrected chi connectivity index (χ0v) is 15.0. The fourth-order valence-corrected chi connectivity index (χ4v) is 2.81. The predicted octanol–water partition coefficient (Wildman–Crippen LogP) is 2.83. The molecule has 1 fully saturated rings. The van der Waals surface area contributed by atoms with Crippen LogP contribution in [0.2, 0.25) is 5.02 Å². The lowest BCUT2D eigenvalue weighted by atomic mass is 10.2. The first-order chi connectivity index (χ1) is 12.0. The number of carbonyl (C=O) groups excluding carboxylic acids is 1. The number of urea groups is 1. The van der Waals surface area contributed by atoms with E-state index in [1.807, 2.05) is 6.92 Å². The monoisotopic (exact) mass is 360 g/mol. The van der Waals surface area contributed by atoms with Crippen LogP contribution in [0.1, 0.15) is 5.56 Å².